The molecule has 0 fully saturated rings. The average Bonchev–Trinajstić information content (AvgIpc) is 3.49. The lowest BCUT2D eigenvalue weighted by Crippen LogP contribution is -2.30. The van der Waals surface area contributed by atoms with Gasteiger partial charge in [-0.15, -0.1) is 0 Å². The van der Waals surface area contributed by atoms with Gasteiger partial charge in [-0.2, -0.15) is 0 Å². The van der Waals surface area contributed by atoms with Crippen LogP contribution < -0.4 is 0 Å². The molecule has 0 aromatic carbocycles. The molecular formula is C77H136O6. The highest BCUT2D eigenvalue weighted by molar-refractivity contribution is 5.71. The molecule has 0 aromatic rings. The first-order valence-corrected chi connectivity index (χ1v) is 36.1. The van der Waals surface area contributed by atoms with Crippen LogP contribution in [0.15, 0.2) is 85.1 Å². The van der Waals surface area contributed by atoms with Crippen molar-refractivity contribution in [1.82, 2.24) is 0 Å². The van der Waals surface area contributed by atoms with E-state index in [1.165, 1.54) is 231 Å². The maximum Gasteiger partial charge on any atom is 0.306 e. The minimum atomic E-state index is -0.781. The van der Waals surface area contributed by atoms with Gasteiger partial charge < -0.3 is 14.2 Å². The number of ether oxygens (including phenoxy) is 3. The van der Waals surface area contributed by atoms with Crippen molar-refractivity contribution in [3.8, 4) is 0 Å². The van der Waals surface area contributed by atoms with Crippen molar-refractivity contribution in [2.24, 2.45) is 0 Å². The molecule has 0 aliphatic carbocycles. The molecular weight excluding hydrogens is 1020 g/mol. The first kappa shape index (κ1) is 79.6. The summed E-state index contributed by atoms with van der Waals surface area (Å²) in [5.41, 5.74) is 0. The Morgan fingerprint density at radius 1 is 0.253 bits per heavy atom. The normalized spacial score (nSPS) is 12.6. The standard InChI is InChI=1S/C77H136O6/c1-4-7-10-13-16-19-22-25-28-30-32-33-34-35-36-37-38-39-40-41-42-43-44-45-46-48-49-52-55-58-61-64-67-70-76(79)82-73-74(72-81-75(78)69-66-63-60-57-54-51-27-24-21-18-15-12-9-6-3)83-77(80)71-68-65-62-59-56-53-50-47-31-29-26-23-20-17-14-11-8-5-2/h7,10,16,19,24-25,27-29,31-33,35-36,74H,4-6,8-9,11-15,17-18,20-23,26,30,34,37-73H2,1-3H3/b10-7-,19-16-,27-24-,28-25-,31-29-,33-32-,36-35-. The monoisotopic (exact) mass is 1160 g/mol. The molecule has 0 saturated heterocycles. The van der Waals surface area contributed by atoms with E-state index < -0.39 is 6.10 Å². The quantitative estimate of drug-likeness (QED) is 0.0261. The number of carbonyl (C=O) groups excluding carboxylic acids is 3. The van der Waals surface area contributed by atoms with Crippen molar-refractivity contribution in [1.29, 1.82) is 0 Å². The Morgan fingerprint density at radius 2 is 0.470 bits per heavy atom. The van der Waals surface area contributed by atoms with Crippen LogP contribution >= 0.6 is 0 Å². The third kappa shape index (κ3) is 69.3. The second kappa shape index (κ2) is 71.1. The van der Waals surface area contributed by atoms with E-state index in [2.05, 4.69) is 106 Å². The van der Waals surface area contributed by atoms with Gasteiger partial charge in [-0.1, -0.05) is 318 Å². The van der Waals surface area contributed by atoms with E-state index in [0.717, 1.165) is 96.3 Å². The van der Waals surface area contributed by atoms with Gasteiger partial charge in [0, 0.05) is 19.3 Å². The van der Waals surface area contributed by atoms with Crippen molar-refractivity contribution in [3.05, 3.63) is 85.1 Å². The van der Waals surface area contributed by atoms with Gasteiger partial charge in [-0.05, 0) is 116 Å². The Bertz CT molecular complexity index is 1570. The molecule has 0 aliphatic heterocycles. The van der Waals surface area contributed by atoms with Crippen LogP contribution in [0.25, 0.3) is 0 Å². The van der Waals surface area contributed by atoms with Crippen molar-refractivity contribution < 1.29 is 28.6 Å². The van der Waals surface area contributed by atoms with Crippen LogP contribution in [-0.4, -0.2) is 37.2 Å². The SMILES string of the molecule is CC/C=C\C/C=C\C/C=C\C/C=C\C/C=C\CCCCCCCCCCCCCCCCCCCC(=O)OCC(COC(=O)CCCCCCC/C=C\CCCCCCC)OC(=O)CCCCCCCCC/C=C\CCCCCCCCC. The van der Waals surface area contributed by atoms with Crippen LogP contribution in [0.2, 0.25) is 0 Å². The van der Waals surface area contributed by atoms with Crippen molar-refractivity contribution in [2.75, 3.05) is 13.2 Å². The van der Waals surface area contributed by atoms with Gasteiger partial charge in [0.25, 0.3) is 0 Å². The molecule has 0 amide bonds. The van der Waals surface area contributed by atoms with Gasteiger partial charge in [0.2, 0.25) is 0 Å². The zero-order valence-electron chi connectivity index (χ0n) is 55.2. The molecule has 0 saturated carbocycles. The number of hydrogen-bond acceptors (Lipinski definition) is 6. The summed E-state index contributed by atoms with van der Waals surface area (Å²) in [6.45, 7) is 6.55. The fourth-order valence-corrected chi connectivity index (χ4v) is 10.5. The molecule has 0 heterocycles. The molecule has 6 nitrogen and oxygen atoms in total. The van der Waals surface area contributed by atoms with Crippen molar-refractivity contribution >= 4 is 17.9 Å². The van der Waals surface area contributed by atoms with Gasteiger partial charge in [-0.25, -0.2) is 0 Å². The summed E-state index contributed by atoms with van der Waals surface area (Å²) in [7, 11) is 0. The van der Waals surface area contributed by atoms with Gasteiger partial charge in [-0.3, -0.25) is 14.4 Å². The second-order valence-electron chi connectivity index (χ2n) is 24.1. The summed E-state index contributed by atoms with van der Waals surface area (Å²) < 4.78 is 17.0. The number of unbranched alkanes of at least 4 members (excludes halogenated alkanes) is 41. The van der Waals surface area contributed by atoms with E-state index in [1.807, 2.05) is 0 Å². The van der Waals surface area contributed by atoms with E-state index in [9.17, 15) is 14.4 Å². The summed E-state index contributed by atoms with van der Waals surface area (Å²) in [5, 5.41) is 0. The Balaban J connectivity index is 4.19. The Morgan fingerprint density at radius 3 is 0.747 bits per heavy atom. The van der Waals surface area contributed by atoms with E-state index >= 15 is 0 Å². The molecule has 1 atom stereocenters. The Hall–Kier alpha value is -3.41. The van der Waals surface area contributed by atoms with E-state index in [-0.39, 0.29) is 31.1 Å². The predicted molar refractivity (Wildman–Crippen MR) is 362 cm³/mol. The number of carbonyl (C=O) groups is 3. The van der Waals surface area contributed by atoms with Crippen LogP contribution in [0, 0.1) is 0 Å². The van der Waals surface area contributed by atoms with Crippen LogP contribution in [0.4, 0.5) is 0 Å². The fraction of sp³-hybridized carbons (Fsp3) is 0.779. The Kier molecular flexibility index (Phi) is 68.2. The largest absolute Gasteiger partial charge is 0.462 e. The lowest BCUT2D eigenvalue weighted by atomic mass is 10.0. The zero-order valence-corrected chi connectivity index (χ0v) is 55.2. The van der Waals surface area contributed by atoms with Gasteiger partial charge in [0.1, 0.15) is 13.2 Å². The lowest BCUT2D eigenvalue weighted by molar-refractivity contribution is -0.167. The van der Waals surface area contributed by atoms with Crippen LogP contribution in [0.3, 0.4) is 0 Å². The molecule has 83 heavy (non-hydrogen) atoms. The highest BCUT2D eigenvalue weighted by Crippen LogP contribution is 2.18. The van der Waals surface area contributed by atoms with Crippen molar-refractivity contribution in [2.45, 2.75) is 374 Å². The minimum absolute atomic E-state index is 0.0764. The summed E-state index contributed by atoms with van der Waals surface area (Å²) in [6.07, 6.45) is 94.7. The third-order valence-corrected chi connectivity index (χ3v) is 15.9. The topological polar surface area (TPSA) is 78.9 Å². The molecule has 0 rings (SSSR count). The number of esters is 3. The van der Waals surface area contributed by atoms with Crippen molar-refractivity contribution in [3.63, 3.8) is 0 Å². The smallest absolute Gasteiger partial charge is 0.306 e. The highest BCUT2D eigenvalue weighted by atomic mass is 16.6. The maximum atomic E-state index is 12.9. The summed E-state index contributed by atoms with van der Waals surface area (Å²) in [4.78, 5) is 38.4. The third-order valence-electron chi connectivity index (χ3n) is 15.9. The number of allylic oxidation sites excluding steroid dienone is 14. The second-order valence-corrected chi connectivity index (χ2v) is 24.1. The summed E-state index contributed by atoms with van der Waals surface area (Å²) in [6, 6.07) is 0. The molecule has 480 valence electrons. The first-order chi connectivity index (χ1) is 41.0. The van der Waals surface area contributed by atoms with E-state index in [1.54, 1.807) is 0 Å². The lowest BCUT2D eigenvalue weighted by Gasteiger charge is -2.18. The van der Waals surface area contributed by atoms with Gasteiger partial charge in [0.05, 0.1) is 0 Å². The summed E-state index contributed by atoms with van der Waals surface area (Å²) in [5.74, 6) is -0.869. The molecule has 0 radical (unpaired) electrons. The predicted octanol–water partition coefficient (Wildman–Crippen LogP) is 25.0. The zero-order chi connectivity index (χ0) is 59.9. The molecule has 0 aromatic heterocycles. The van der Waals surface area contributed by atoms with Gasteiger partial charge in [0.15, 0.2) is 6.10 Å². The highest BCUT2D eigenvalue weighted by Gasteiger charge is 2.19. The van der Waals surface area contributed by atoms with Crippen LogP contribution in [0.1, 0.15) is 367 Å². The molecule has 0 aliphatic rings. The molecule has 0 spiro atoms. The number of rotatable bonds is 66. The van der Waals surface area contributed by atoms with E-state index in [0.29, 0.717) is 19.3 Å². The molecule has 0 bridgehead atoms. The van der Waals surface area contributed by atoms with E-state index in [4.69, 9.17) is 14.2 Å². The minimum Gasteiger partial charge on any atom is -0.462 e. The molecule has 6 heteroatoms. The number of hydrogen-bond donors (Lipinski definition) is 0. The molecule has 1 unspecified atom stereocenters. The van der Waals surface area contributed by atoms with Gasteiger partial charge >= 0.3 is 17.9 Å². The molecule has 0 N–H and O–H groups in total. The van der Waals surface area contributed by atoms with Crippen LogP contribution in [-0.2, 0) is 28.6 Å². The summed E-state index contributed by atoms with van der Waals surface area (Å²) >= 11 is 0. The van der Waals surface area contributed by atoms with Crippen LogP contribution in [0.5, 0.6) is 0 Å². The average molecular weight is 1160 g/mol. The maximum absolute atomic E-state index is 12.9. The fourth-order valence-electron chi connectivity index (χ4n) is 10.5. The Labute approximate surface area is 515 Å². The first-order valence-electron chi connectivity index (χ1n) is 36.1.